The van der Waals surface area contributed by atoms with Crippen LogP contribution in [-0.2, 0) is 9.59 Å². The Balaban J connectivity index is 2.71. The lowest BCUT2D eigenvalue weighted by Gasteiger charge is -2.11. The van der Waals surface area contributed by atoms with E-state index in [1.807, 2.05) is 19.1 Å². The smallest absolute Gasteiger partial charge is 0.326 e. The SMILES string of the molecule is CCOc1ccccc1/C=C/C(=O)N[C@H](CCO)C(=O)O. The molecular formula is C15H19NO5. The highest BCUT2D eigenvalue weighted by Gasteiger charge is 2.17. The first kappa shape index (κ1) is 16.7. The summed E-state index contributed by atoms with van der Waals surface area (Å²) in [7, 11) is 0. The number of ether oxygens (including phenoxy) is 1. The minimum absolute atomic E-state index is 0.0373. The monoisotopic (exact) mass is 293 g/mol. The van der Waals surface area contributed by atoms with Crippen molar-refractivity contribution in [1.29, 1.82) is 0 Å². The average molecular weight is 293 g/mol. The molecule has 1 amide bonds. The molecule has 1 aromatic rings. The van der Waals surface area contributed by atoms with E-state index in [1.165, 1.54) is 6.08 Å². The third kappa shape index (κ3) is 5.66. The molecule has 0 aliphatic rings. The maximum absolute atomic E-state index is 11.7. The average Bonchev–Trinajstić information content (AvgIpc) is 2.46. The summed E-state index contributed by atoms with van der Waals surface area (Å²) < 4.78 is 5.42. The van der Waals surface area contributed by atoms with Crippen LogP contribution >= 0.6 is 0 Å². The molecule has 0 spiro atoms. The quantitative estimate of drug-likeness (QED) is 0.623. The van der Waals surface area contributed by atoms with Gasteiger partial charge in [-0.3, -0.25) is 4.79 Å². The molecule has 21 heavy (non-hydrogen) atoms. The summed E-state index contributed by atoms with van der Waals surface area (Å²) in [5.74, 6) is -1.07. The molecule has 0 aliphatic carbocycles. The van der Waals surface area contributed by atoms with Crippen molar-refractivity contribution in [2.24, 2.45) is 0 Å². The first-order valence-corrected chi connectivity index (χ1v) is 6.62. The number of carboxylic acid groups (broad SMARTS) is 1. The second kappa shape index (κ2) is 8.76. The number of nitrogens with one attached hydrogen (secondary N) is 1. The number of carbonyl (C=O) groups excluding carboxylic acids is 1. The molecule has 0 saturated carbocycles. The number of rotatable bonds is 8. The molecule has 1 rings (SSSR count). The minimum Gasteiger partial charge on any atom is -0.493 e. The Morgan fingerprint density at radius 3 is 2.71 bits per heavy atom. The van der Waals surface area contributed by atoms with Crippen LogP contribution in [0.3, 0.4) is 0 Å². The van der Waals surface area contributed by atoms with Crippen LogP contribution in [0.1, 0.15) is 18.9 Å². The van der Waals surface area contributed by atoms with Crippen LogP contribution < -0.4 is 10.1 Å². The molecule has 0 heterocycles. The van der Waals surface area contributed by atoms with Gasteiger partial charge in [0.05, 0.1) is 6.61 Å². The zero-order valence-electron chi connectivity index (χ0n) is 11.8. The maximum atomic E-state index is 11.7. The van der Waals surface area contributed by atoms with Gasteiger partial charge in [0.1, 0.15) is 11.8 Å². The summed E-state index contributed by atoms with van der Waals surface area (Å²) in [6.07, 6.45) is 2.76. The van der Waals surface area contributed by atoms with E-state index < -0.39 is 17.9 Å². The number of carboxylic acids is 1. The number of benzene rings is 1. The van der Waals surface area contributed by atoms with Crippen LogP contribution in [-0.4, -0.2) is 41.3 Å². The van der Waals surface area contributed by atoms with E-state index >= 15 is 0 Å². The topological polar surface area (TPSA) is 95.9 Å². The van der Waals surface area contributed by atoms with E-state index in [-0.39, 0.29) is 13.0 Å². The fourth-order valence-electron chi connectivity index (χ4n) is 1.68. The highest BCUT2D eigenvalue weighted by molar-refractivity contribution is 5.94. The van der Waals surface area contributed by atoms with Crippen molar-refractivity contribution < 1.29 is 24.5 Å². The molecule has 6 heteroatoms. The van der Waals surface area contributed by atoms with Gasteiger partial charge in [-0.2, -0.15) is 0 Å². The minimum atomic E-state index is -1.18. The number of aliphatic carboxylic acids is 1. The second-order valence-corrected chi connectivity index (χ2v) is 4.22. The molecule has 3 N–H and O–H groups in total. The van der Waals surface area contributed by atoms with E-state index in [4.69, 9.17) is 14.9 Å². The lowest BCUT2D eigenvalue weighted by atomic mass is 10.1. The Labute approximate surface area is 123 Å². The van der Waals surface area contributed by atoms with E-state index in [2.05, 4.69) is 5.32 Å². The molecule has 0 saturated heterocycles. The van der Waals surface area contributed by atoms with E-state index in [1.54, 1.807) is 18.2 Å². The summed E-state index contributed by atoms with van der Waals surface area (Å²) in [4.78, 5) is 22.6. The maximum Gasteiger partial charge on any atom is 0.326 e. The first-order chi connectivity index (χ1) is 10.1. The second-order valence-electron chi connectivity index (χ2n) is 4.22. The molecule has 0 radical (unpaired) electrons. The van der Waals surface area contributed by atoms with Crippen molar-refractivity contribution >= 4 is 18.0 Å². The molecule has 0 aromatic heterocycles. The standard InChI is InChI=1S/C15H19NO5/c1-2-21-13-6-4-3-5-11(13)7-8-14(18)16-12(9-10-17)15(19)20/h3-8,12,17H,2,9-10H2,1H3,(H,16,18)(H,19,20)/b8-7+/t12-/m1/s1. The van der Waals surface area contributed by atoms with Crippen molar-refractivity contribution in [1.82, 2.24) is 5.32 Å². The van der Waals surface area contributed by atoms with Crippen molar-refractivity contribution in [2.45, 2.75) is 19.4 Å². The van der Waals surface area contributed by atoms with E-state index in [0.717, 1.165) is 5.56 Å². The van der Waals surface area contributed by atoms with Gasteiger partial charge in [-0.1, -0.05) is 18.2 Å². The molecule has 1 atom stereocenters. The van der Waals surface area contributed by atoms with Crippen LogP contribution in [0.25, 0.3) is 6.08 Å². The third-order valence-corrected chi connectivity index (χ3v) is 2.67. The molecule has 0 aliphatic heterocycles. The lowest BCUT2D eigenvalue weighted by Crippen LogP contribution is -2.40. The molecule has 1 aromatic carbocycles. The number of carbonyl (C=O) groups is 2. The van der Waals surface area contributed by atoms with Crippen LogP contribution in [0, 0.1) is 0 Å². The fourth-order valence-corrected chi connectivity index (χ4v) is 1.68. The molecule has 0 bridgehead atoms. The number of hydrogen-bond donors (Lipinski definition) is 3. The number of amides is 1. The highest BCUT2D eigenvalue weighted by Crippen LogP contribution is 2.19. The van der Waals surface area contributed by atoms with Crippen molar-refractivity contribution in [2.75, 3.05) is 13.2 Å². The molecule has 0 unspecified atom stereocenters. The Morgan fingerprint density at radius 2 is 2.10 bits per heavy atom. The Morgan fingerprint density at radius 1 is 1.38 bits per heavy atom. The summed E-state index contributed by atoms with van der Waals surface area (Å²) in [6.45, 7) is 2.06. The predicted octanol–water partition coefficient (Wildman–Crippen LogP) is 1.05. The summed E-state index contributed by atoms with van der Waals surface area (Å²) >= 11 is 0. The zero-order chi connectivity index (χ0) is 15.7. The van der Waals surface area contributed by atoms with Gasteiger partial charge < -0.3 is 20.3 Å². The van der Waals surface area contributed by atoms with Gasteiger partial charge in [0.2, 0.25) is 5.91 Å². The predicted molar refractivity (Wildman–Crippen MR) is 77.9 cm³/mol. The van der Waals surface area contributed by atoms with Gasteiger partial charge in [-0.05, 0) is 19.1 Å². The number of hydrogen-bond acceptors (Lipinski definition) is 4. The normalized spacial score (nSPS) is 12.1. The third-order valence-electron chi connectivity index (χ3n) is 2.67. The molecule has 0 fully saturated rings. The zero-order valence-corrected chi connectivity index (χ0v) is 11.8. The Bertz CT molecular complexity index is 513. The van der Waals surface area contributed by atoms with Gasteiger partial charge in [-0.15, -0.1) is 0 Å². The molecule has 6 nitrogen and oxygen atoms in total. The largest absolute Gasteiger partial charge is 0.493 e. The summed E-state index contributed by atoms with van der Waals surface area (Å²) in [5.41, 5.74) is 0.725. The lowest BCUT2D eigenvalue weighted by molar-refractivity contribution is -0.141. The van der Waals surface area contributed by atoms with Gasteiger partial charge in [0, 0.05) is 24.7 Å². The van der Waals surface area contributed by atoms with Gasteiger partial charge in [0.15, 0.2) is 0 Å². The van der Waals surface area contributed by atoms with E-state index in [0.29, 0.717) is 12.4 Å². The fraction of sp³-hybridized carbons (Fsp3) is 0.333. The van der Waals surface area contributed by atoms with Gasteiger partial charge >= 0.3 is 5.97 Å². The van der Waals surface area contributed by atoms with Crippen molar-refractivity contribution in [3.63, 3.8) is 0 Å². The first-order valence-electron chi connectivity index (χ1n) is 6.62. The highest BCUT2D eigenvalue weighted by atomic mass is 16.5. The van der Waals surface area contributed by atoms with Crippen molar-refractivity contribution in [3.05, 3.63) is 35.9 Å². The molecular weight excluding hydrogens is 274 g/mol. The number of aliphatic hydroxyl groups excluding tert-OH is 1. The van der Waals surface area contributed by atoms with Gasteiger partial charge in [0.25, 0.3) is 0 Å². The van der Waals surface area contributed by atoms with Crippen LogP contribution in [0.15, 0.2) is 30.3 Å². The number of para-hydroxylation sites is 1. The summed E-state index contributed by atoms with van der Waals surface area (Å²) in [5, 5.41) is 19.9. The number of aliphatic hydroxyl groups is 1. The molecule has 114 valence electrons. The van der Waals surface area contributed by atoms with Crippen molar-refractivity contribution in [3.8, 4) is 5.75 Å². The van der Waals surface area contributed by atoms with Crippen LogP contribution in [0.5, 0.6) is 5.75 Å². The van der Waals surface area contributed by atoms with E-state index in [9.17, 15) is 9.59 Å². The summed E-state index contributed by atoms with van der Waals surface area (Å²) in [6, 6.07) is 6.11. The van der Waals surface area contributed by atoms with Crippen LogP contribution in [0.2, 0.25) is 0 Å². The van der Waals surface area contributed by atoms with Gasteiger partial charge in [-0.25, -0.2) is 4.79 Å². The Kier molecular flexibility index (Phi) is 6.97. The Hall–Kier alpha value is -2.34. The van der Waals surface area contributed by atoms with Crippen LogP contribution in [0.4, 0.5) is 0 Å².